The Balaban J connectivity index is 1.59. The monoisotopic (exact) mass is 320 g/mol. The fraction of sp³-hybridized carbons (Fsp3) is 0.176. The minimum atomic E-state index is -0.0579. The van der Waals surface area contributed by atoms with Gasteiger partial charge in [-0.25, -0.2) is 14.8 Å². The van der Waals surface area contributed by atoms with Gasteiger partial charge in [-0.05, 0) is 36.8 Å². The topological polar surface area (TPSA) is 83.0 Å². The molecule has 0 aliphatic carbocycles. The molecule has 0 saturated carbocycles. The highest BCUT2D eigenvalue weighted by Gasteiger charge is 2.19. The quantitative estimate of drug-likeness (QED) is 0.775. The number of fused-ring (bicyclic) bond motifs is 1. The molecule has 4 rings (SSSR count). The molecule has 0 radical (unpaired) electrons. The third kappa shape index (κ3) is 2.83. The van der Waals surface area contributed by atoms with Gasteiger partial charge in [-0.15, -0.1) is 0 Å². The number of hydrogen-bond acceptors (Lipinski definition) is 5. The predicted molar refractivity (Wildman–Crippen MR) is 92.4 cm³/mol. The third-order valence-corrected chi connectivity index (χ3v) is 3.84. The number of urea groups is 1. The highest BCUT2D eigenvalue weighted by atomic mass is 16.2. The summed E-state index contributed by atoms with van der Waals surface area (Å²) in [5.74, 6) is 0.684. The van der Waals surface area contributed by atoms with Crippen molar-refractivity contribution in [3.63, 3.8) is 0 Å². The zero-order valence-corrected chi connectivity index (χ0v) is 12.9. The maximum atomic E-state index is 12.0. The van der Waals surface area contributed by atoms with E-state index in [-0.39, 0.29) is 6.03 Å². The van der Waals surface area contributed by atoms with E-state index in [9.17, 15) is 4.79 Å². The van der Waals surface area contributed by atoms with Crippen molar-refractivity contribution in [3.8, 4) is 0 Å². The fourth-order valence-electron chi connectivity index (χ4n) is 2.70. The molecular weight excluding hydrogens is 304 g/mol. The first-order chi connectivity index (χ1) is 11.8. The summed E-state index contributed by atoms with van der Waals surface area (Å²) in [6, 6.07) is 11.4. The lowest BCUT2D eigenvalue weighted by atomic mass is 10.2. The summed E-state index contributed by atoms with van der Waals surface area (Å²) in [6.07, 6.45) is 4.20. The Hall–Kier alpha value is -3.22. The van der Waals surface area contributed by atoms with E-state index in [4.69, 9.17) is 0 Å². The van der Waals surface area contributed by atoms with Crippen molar-refractivity contribution in [1.82, 2.24) is 20.3 Å². The first-order valence-corrected chi connectivity index (χ1v) is 7.80. The number of hydrogen-bond donors (Lipinski definition) is 2. The number of pyridine rings is 1. The lowest BCUT2D eigenvalue weighted by Crippen LogP contribution is -2.46. The van der Waals surface area contributed by atoms with Crippen molar-refractivity contribution in [1.29, 1.82) is 0 Å². The Morgan fingerprint density at radius 1 is 1.12 bits per heavy atom. The first kappa shape index (κ1) is 14.4. The number of carbonyl (C=O) groups excluding carboxylic acids is 1. The standard InChI is InChI=1S/C17H16N6O/c24-17-20-7-2-10-23(17)13-4-1-3-12(11-13)21-15-6-5-14-16(22-15)19-9-8-18-14/h1,3-6,8-9,11H,2,7,10H2,(H,20,24)(H,19,21,22). The van der Waals surface area contributed by atoms with Crippen molar-refractivity contribution >= 4 is 34.4 Å². The van der Waals surface area contributed by atoms with Crippen LogP contribution in [-0.2, 0) is 0 Å². The van der Waals surface area contributed by atoms with Gasteiger partial charge in [0, 0.05) is 36.9 Å². The van der Waals surface area contributed by atoms with Gasteiger partial charge < -0.3 is 10.6 Å². The van der Waals surface area contributed by atoms with E-state index in [1.54, 1.807) is 17.3 Å². The van der Waals surface area contributed by atoms with Crippen LogP contribution in [0.15, 0.2) is 48.8 Å². The largest absolute Gasteiger partial charge is 0.340 e. The van der Waals surface area contributed by atoms with Gasteiger partial charge in [0.1, 0.15) is 11.3 Å². The molecule has 7 heteroatoms. The SMILES string of the molecule is O=C1NCCCN1c1cccc(Nc2ccc3nccnc3n2)c1. The average molecular weight is 320 g/mol. The van der Waals surface area contributed by atoms with E-state index in [1.165, 1.54) is 0 Å². The minimum Gasteiger partial charge on any atom is -0.340 e. The van der Waals surface area contributed by atoms with Crippen molar-refractivity contribution in [2.75, 3.05) is 23.3 Å². The van der Waals surface area contributed by atoms with Crippen LogP contribution in [0.1, 0.15) is 6.42 Å². The molecule has 0 atom stereocenters. The van der Waals surface area contributed by atoms with Gasteiger partial charge in [0.25, 0.3) is 0 Å². The summed E-state index contributed by atoms with van der Waals surface area (Å²) < 4.78 is 0. The van der Waals surface area contributed by atoms with Crippen LogP contribution in [-0.4, -0.2) is 34.1 Å². The number of rotatable bonds is 3. The minimum absolute atomic E-state index is 0.0579. The van der Waals surface area contributed by atoms with Crippen molar-refractivity contribution in [2.45, 2.75) is 6.42 Å². The Kier molecular flexibility index (Phi) is 3.66. The fourth-order valence-corrected chi connectivity index (χ4v) is 2.70. The van der Waals surface area contributed by atoms with Gasteiger partial charge in [-0.2, -0.15) is 0 Å². The number of benzene rings is 1. The molecule has 2 aromatic heterocycles. The van der Waals surface area contributed by atoms with Gasteiger partial charge in [-0.3, -0.25) is 9.88 Å². The molecule has 1 aliphatic heterocycles. The highest BCUT2D eigenvalue weighted by molar-refractivity contribution is 5.93. The summed E-state index contributed by atoms with van der Waals surface area (Å²) in [5, 5.41) is 6.11. The van der Waals surface area contributed by atoms with Crippen LogP contribution in [0.2, 0.25) is 0 Å². The van der Waals surface area contributed by atoms with E-state index in [0.717, 1.165) is 36.4 Å². The summed E-state index contributed by atoms with van der Waals surface area (Å²) in [6.45, 7) is 1.45. The molecular formula is C17H16N6O. The number of nitrogens with one attached hydrogen (secondary N) is 2. The second kappa shape index (κ2) is 6.11. The molecule has 0 spiro atoms. The van der Waals surface area contributed by atoms with Crippen LogP contribution in [0, 0.1) is 0 Å². The molecule has 120 valence electrons. The second-order valence-electron chi connectivity index (χ2n) is 5.51. The number of nitrogens with zero attached hydrogens (tertiary/aromatic N) is 4. The Labute approximate surface area is 138 Å². The summed E-state index contributed by atoms with van der Waals surface area (Å²) in [4.78, 5) is 26.6. The van der Waals surface area contributed by atoms with Gasteiger partial charge in [-0.1, -0.05) is 6.07 Å². The Bertz CT molecular complexity index is 897. The normalized spacial score (nSPS) is 14.5. The molecule has 24 heavy (non-hydrogen) atoms. The van der Waals surface area contributed by atoms with Gasteiger partial charge in [0.05, 0.1) is 0 Å². The van der Waals surface area contributed by atoms with Gasteiger partial charge in [0.2, 0.25) is 0 Å². The first-order valence-electron chi connectivity index (χ1n) is 7.80. The Morgan fingerprint density at radius 3 is 2.96 bits per heavy atom. The van der Waals surface area contributed by atoms with E-state index in [0.29, 0.717) is 11.5 Å². The van der Waals surface area contributed by atoms with Gasteiger partial charge in [0.15, 0.2) is 5.65 Å². The second-order valence-corrected chi connectivity index (χ2v) is 5.51. The van der Waals surface area contributed by atoms with Crippen LogP contribution in [0.25, 0.3) is 11.2 Å². The number of carbonyl (C=O) groups is 1. The summed E-state index contributed by atoms with van der Waals surface area (Å²) in [5.41, 5.74) is 3.07. The molecule has 1 saturated heterocycles. The molecule has 1 aromatic carbocycles. The average Bonchev–Trinajstić information content (AvgIpc) is 2.62. The summed E-state index contributed by atoms with van der Waals surface area (Å²) in [7, 11) is 0. The molecule has 2 amide bonds. The third-order valence-electron chi connectivity index (χ3n) is 3.84. The summed E-state index contributed by atoms with van der Waals surface area (Å²) >= 11 is 0. The van der Waals surface area contributed by atoms with E-state index in [2.05, 4.69) is 25.6 Å². The molecule has 3 aromatic rings. The van der Waals surface area contributed by atoms with Crippen LogP contribution >= 0.6 is 0 Å². The van der Waals surface area contributed by atoms with Crippen molar-refractivity contribution in [3.05, 3.63) is 48.8 Å². The maximum absolute atomic E-state index is 12.0. The van der Waals surface area contributed by atoms with Gasteiger partial charge >= 0.3 is 6.03 Å². The molecule has 3 heterocycles. The molecule has 0 unspecified atom stereocenters. The van der Waals surface area contributed by atoms with Crippen LogP contribution < -0.4 is 15.5 Å². The lowest BCUT2D eigenvalue weighted by molar-refractivity contribution is 0.243. The smallest absolute Gasteiger partial charge is 0.321 e. The number of aromatic nitrogens is 3. The molecule has 2 N–H and O–H groups in total. The van der Waals surface area contributed by atoms with E-state index < -0.39 is 0 Å². The predicted octanol–water partition coefficient (Wildman–Crippen LogP) is 2.69. The Morgan fingerprint density at radius 2 is 2.04 bits per heavy atom. The molecule has 0 bridgehead atoms. The number of anilines is 3. The number of amides is 2. The maximum Gasteiger partial charge on any atom is 0.321 e. The van der Waals surface area contributed by atoms with Crippen LogP contribution in [0.5, 0.6) is 0 Å². The molecule has 1 fully saturated rings. The molecule has 1 aliphatic rings. The zero-order valence-electron chi connectivity index (χ0n) is 12.9. The van der Waals surface area contributed by atoms with Crippen molar-refractivity contribution in [2.24, 2.45) is 0 Å². The lowest BCUT2D eigenvalue weighted by Gasteiger charge is -2.27. The zero-order chi connectivity index (χ0) is 16.4. The van der Waals surface area contributed by atoms with Crippen LogP contribution in [0.3, 0.4) is 0 Å². The van der Waals surface area contributed by atoms with Crippen LogP contribution in [0.4, 0.5) is 22.0 Å². The van der Waals surface area contributed by atoms with Crippen molar-refractivity contribution < 1.29 is 4.79 Å². The van der Waals surface area contributed by atoms with E-state index >= 15 is 0 Å². The van der Waals surface area contributed by atoms with E-state index in [1.807, 2.05) is 36.4 Å². The highest BCUT2D eigenvalue weighted by Crippen LogP contribution is 2.23. The molecule has 7 nitrogen and oxygen atoms in total.